The van der Waals surface area contributed by atoms with Gasteiger partial charge < -0.3 is 14.7 Å². The lowest BCUT2D eigenvalue weighted by Gasteiger charge is -2.12. The maximum atomic E-state index is 12.4. The van der Waals surface area contributed by atoms with Gasteiger partial charge in [-0.15, -0.1) is 0 Å². The van der Waals surface area contributed by atoms with Crippen molar-refractivity contribution in [3.8, 4) is 28.7 Å². The predicted molar refractivity (Wildman–Crippen MR) is 116 cm³/mol. The van der Waals surface area contributed by atoms with E-state index >= 15 is 0 Å². The first-order chi connectivity index (χ1) is 14.7. The highest BCUT2D eigenvalue weighted by Crippen LogP contribution is 2.32. The van der Waals surface area contributed by atoms with Crippen LogP contribution in [0.5, 0.6) is 0 Å². The van der Waals surface area contributed by atoms with Crippen molar-refractivity contribution in [2.24, 2.45) is 0 Å². The Morgan fingerprint density at radius 1 is 1.10 bits per heavy atom. The number of rotatable bonds is 6. The lowest BCUT2D eigenvalue weighted by Crippen LogP contribution is -2.19. The molecule has 4 rings (SSSR count). The van der Waals surface area contributed by atoms with E-state index in [1.165, 1.54) is 11.6 Å². The van der Waals surface area contributed by atoms with Crippen molar-refractivity contribution in [2.45, 2.75) is 19.4 Å². The van der Waals surface area contributed by atoms with Gasteiger partial charge in [0.05, 0.1) is 11.8 Å². The van der Waals surface area contributed by atoms with Crippen molar-refractivity contribution < 1.29 is 4.42 Å². The van der Waals surface area contributed by atoms with Crippen molar-refractivity contribution in [3.05, 3.63) is 94.6 Å². The van der Waals surface area contributed by atoms with Gasteiger partial charge in [0.15, 0.2) is 5.76 Å². The van der Waals surface area contributed by atoms with Gasteiger partial charge in [-0.2, -0.15) is 5.26 Å². The molecule has 0 aliphatic carbocycles. The fourth-order valence-corrected chi connectivity index (χ4v) is 3.40. The van der Waals surface area contributed by atoms with E-state index in [4.69, 9.17) is 10.2 Å². The average Bonchev–Trinajstić information content (AvgIpc) is 3.30. The Kier molecular flexibility index (Phi) is 5.44. The molecule has 0 fully saturated rings. The third-order valence-electron chi connectivity index (χ3n) is 4.93. The monoisotopic (exact) mass is 396 g/mol. The maximum absolute atomic E-state index is 12.4. The molecule has 3 aromatic heterocycles. The molecule has 0 amide bonds. The van der Waals surface area contributed by atoms with Crippen LogP contribution in [0.1, 0.15) is 17.5 Å². The average molecular weight is 396 g/mol. The third kappa shape index (κ3) is 4.01. The highest BCUT2D eigenvalue weighted by Gasteiger charge is 2.16. The molecule has 0 bridgehead atoms. The number of nitrogen functional groups attached to an aromatic ring is 1. The van der Waals surface area contributed by atoms with Crippen molar-refractivity contribution >= 4 is 5.82 Å². The largest absolute Gasteiger partial charge is 0.463 e. The summed E-state index contributed by atoms with van der Waals surface area (Å²) in [6, 6.07) is 20.8. The Labute approximate surface area is 173 Å². The molecule has 30 heavy (non-hydrogen) atoms. The minimum Gasteiger partial charge on any atom is -0.463 e. The Morgan fingerprint density at radius 2 is 1.93 bits per heavy atom. The highest BCUT2D eigenvalue weighted by atomic mass is 16.3. The zero-order chi connectivity index (χ0) is 20.9. The van der Waals surface area contributed by atoms with Crippen LogP contribution in [0, 0.1) is 11.3 Å². The number of hydrogen-bond donors (Lipinski definition) is 1. The van der Waals surface area contributed by atoms with E-state index in [-0.39, 0.29) is 16.9 Å². The Hall–Kier alpha value is -4.11. The number of furan rings is 1. The summed E-state index contributed by atoms with van der Waals surface area (Å²) >= 11 is 0. The van der Waals surface area contributed by atoms with E-state index in [1.54, 1.807) is 41.3 Å². The lowest BCUT2D eigenvalue weighted by molar-refractivity contribution is 0.580. The van der Waals surface area contributed by atoms with Crippen LogP contribution in [0.3, 0.4) is 0 Å². The first kappa shape index (κ1) is 19.2. The minimum atomic E-state index is -0.0738. The zero-order valence-electron chi connectivity index (χ0n) is 16.3. The van der Waals surface area contributed by atoms with Gasteiger partial charge in [0, 0.05) is 29.9 Å². The SMILES string of the molecule is N#Cc1cc(-c2ccc(=O)n(CCCc3ccccc3)c2)c(-c2ccco2)nc1N. The number of anilines is 1. The number of nitrogens with zero attached hydrogens (tertiary/aromatic N) is 3. The second kappa shape index (κ2) is 8.50. The molecule has 2 N–H and O–H groups in total. The molecule has 0 aliphatic heterocycles. The number of benzene rings is 1. The summed E-state index contributed by atoms with van der Waals surface area (Å²) in [5.74, 6) is 0.687. The first-order valence-corrected chi connectivity index (χ1v) is 9.65. The summed E-state index contributed by atoms with van der Waals surface area (Å²) < 4.78 is 7.20. The second-order valence-corrected chi connectivity index (χ2v) is 6.95. The number of aryl methyl sites for hydroxylation is 2. The minimum absolute atomic E-state index is 0.0738. The van der Waals surface area contributed by atoms with Crippen LogP contribution in [0.15, 0.2) is 82.3 Å². The second-order valence-electron chi connectivity index (χ2n) is 6.95. The van der Waals surface area contributed by atoms with Gasteiger partial charge in [0.2, 0.25) is 0 Å². The summed E-state index contributed by atoms with van der Waals surface area (Å²) in [4.78, 5) is 16.8. The molecule has 0 unspecified atom stereocenters. The van der Waals surface area contributed by atoms with Crippen LogP contribution < -0.4 is 11.3 Å². The molecule has 0 radical (unpaired) electrons. The van der Waals surface area contributed by atoms with E-state index in [9.17, 15) is 10.1 Å². The van der Waals surface area contributed by atoms with Crippen LogP contribution in [0.25, 0.3) is 22.6 Å². The molecular formula is C24H20N4O2. The molecular weight excluding hydrogens is 376 g/mol. The van der Waals surface area contributed by atoms with Gasteiger partial charge in [-0.05, 0) is 42.7 Å². The summed E-state index contributed by atoms with van der Waals surface area (Å²) in [5, 5.41) is 9.39. The van der Waals surface area contributed by atoms with E-state index in [0.29, 0.717) is 23.6 Å². The lowest BCUT2D eigenvalue weighted by atomic mass is 10.0. The standard InChI is InChI=1S/C24H20N4O2/c25-15-19-14-20(23(27-24(19)26)21-9-5-13-30-21)18-10-11-22(29)28(16-18)12-4-8-17-6-2-1-3-7-17/h1-3,5-7,9-11,13-14,16H,4,8,12H2,(H2,26,27). The summed E-state index contributed by atoms with van der Waals surface area (Å²) in [6.45, 7) is 0.588. The van der Waals surface area contributed by atoms with Crippen LogP contribution in [0.4, 0.5) is 5.82 Å². The number of aromatic nitrogens is 2. The summed E-state index contributed by atoms with van der Waals surface area (Å²) in [7, 11) is 0. The fourth-order valence-electron chi connectivity index (χ4n) is 3.40. The van der Waals surface area contributed by atoms with Gasteiger partial charge in [-0.25, -0.2) is 4.98 Å². The normalized spacial score (nSPS) is 10.6. The van der Waals surface area contributed by atoms with Gasteiger partial charge >= 0.3 is 0 Å². The van der Waals surface area contributed by atoms with Crippen molar-refractivity contribution in [2.75, 3.05) is 5.73 Å². The molecule has 148 valence electrons. The van der Waals surface area contributed by atoms with Crippen LogP contribution >= 0.6 is 0 Å². The quantitative estimate of drug-likeness (QED) is 0.525. The van der Waals surface area contributed by atoms with E-state index in [2.05, 4.69) is 23.2 Å². The van der Waals surface area contributed by atoms with Crippen molar-refractivity contribution in [1.29, 1.82) is 5.26 Å². The summed E-state index contributed by atoms with van der Waals surface area (Å²) in [6.07, 6.45) is 5.08. The molecule has 0 spiro atoms. The van der Waals surface area contributed by atoms with Crippen molar-refractivity contribution in [1.82, 2.24) is 9.55 Å². The molecule has 0 atom stereocenters. The fraction of sp³-hybridized carbons (Fsp3) is 0.125. The maximum Gasteiger partial charge on any atom is 0.250 e. The van der Waals surface area contributed by atoms with Crippen LogP contribution in [0.2, 0.25) is 0 Å². The predicted octanol–water partition coefficient (Wildman–Crippen LogP) is 4.26. The smallest absolute Gasteiger partial charge is 0.250 e. The van der Waals surface area contributed by atoms with Gasteiger partial charge in [-0.1, -0.05) is 30.3 Å². The number of pyridine rings is 2. The Balaban J connectivity index is 1.68. The molecule has 4 aromatic rings. The number of hydrogen-bond acceptors (Lipinski definition) is 5. The number of nitrogens with two attached hydrogens (primary N) is 1. The van der Waals surface area contributed by atoms with Gasteiger partial charge in [0.25, 0.3) is 5.56 Å². The molecule has 3 heterocycles. The first-order valence-electron chi connectivity index (χ1n) is 9.65. The molecule has 0 saturated carbocycles. The van der Waals surface area contributed by atoms with Crippen LogP contribution in [-0.2, 0) is 13.0 Å². The highest BCUT2D eigenvalue weighted by molar-refractivity contribution is 5.81. The molecule has 0 saturated heterocycles. The molecule has 1 aromatic carbocycles. The van der Waals surface area contributed by atoms with E-state index < -0.39 is 0 Å². The van der Waals surface area contributed by atoms with Crippen molar-refractivity contribution in [3.63, 3.8) is 0 Å². The Morgan fingerprint density at radius 3 is 2.67 bits per heavy atom. The third-order valence-corrected chi connectivity index (χ3v) is 4.93. The Bertz CT molecular complexity index is 1250. The van der Waals surface area contributed by atoms with E-state index in [1.807, 2.05) is 18.2 Å². The molecule has 0 aliphatic rings. The summed E-state index contributed by atoms with van der Waals surface area (Å²) in [5.41, 5.74) is 9.36. The number of nitriles is 1. The van der Waals surface area contributed by atoms with Gasteiger partial charge in [-0.3, -0.25) is 4.79 Å². The zero-order valence-corrected chi connectivity index (χ0v) is 16.3. The van der Waals surface area contributed by atoms with Crippen LogP contribution in [-0.4, -0.2) is 9.55 Å². The molecule has 6 nitrogen and oxygen atoms in total. The van der Waals surface area contributed by atoms with Gasteiger partial charge in [0.1, 0.15) is 17.6 Å². The van der Waals surface area contributed by atoms with E-state index in [0.717, 1.165) is 18.4 Å². The topological polar surface area (TPSA) is 97.8 Å². The molecule has 6 heteroatoms.